The van der Waals surface area contributed by atoms with E-state index in [9.17, 15) is 8.78 Å². The molecule has 1 atom stereocenters. The van der Waals surface area contributed by atoms with Crippen LogP contribution < -0.4 is 11.3 Å². The third-order valence-corrected chi connectivity index (χ3v) is 3.66. The minimum Gasteiger partial charge on any atom is -0.273 e. The Kier molecular flexibility index (Phi) is 4.28. The highest BCUT2D eigenvalue weighted by Gasteiger charge is 2.20. The second-order valence-corrected chi connectivity index (χ2v) is 4.79. The molecule has 2 aromatic rings. The second kappa shape index (κ2) is 5.77. The first kappa shape index (κ1) is 14.1. The summed E-state index contributed by atoms with van der Waals surface area (Å²) in [7, 11) is 0. The summed E-state index contributed by atoms with van der Waals surface area (Å²) in [6.45, 7) is 2.67. The molecule has 0 bridgehead atoms. The smallest absolute Gasteiger partial charge is 0.173 e. The molecule has 7 heteroatoms. The van der Waals surface area contributed by atoms with Gasteiger partial charge in [0.2, 0.25) is 0 Å². The summed E-state index contributed by atoms with van der Waals surface area (Å²) in [4.78, 5) is 0. The highest BCUT2D eigenvalue weighted by atomic mass is 79.9. The molecule has 1 unspecified atom stereocenters. The first-order valence-corrected chi connectivity index (χ1v) is 6.49. The third kappa shape index (κ3) is 2.68. The van der Waals surface area contributed by atoms with Gasteiger partial charge in [-0.3, -0.25) is 10.5 Å². The molecule has 0 fully saturated rings. The number of aromatic nitrogens is 2. The molecule has 0 saturated heterocycles. The largest absolute Gasteiger partial charge is 0.273 e. The summed E-state index contributed by atoms with van der Waals surface area (Å²) in [6.07, 6.45) is 3.44. The number of aryl methyl sites for hydroxylation is 1. The van der Waals surface area contributed by atoms with Crippen molar-refractivity contribution < 1.29 is 8.78 Å². The molecule has 0 spiro atoms. The van der Waals surface area contributed by atoms with Crippen molar-refractivity contribution in [3.63, 3.8) is 0 Å². The SMILES string of the molecule is CCn1cc(C(NN)c2ccc(F)c(F)c2Br)cn1. The van der Waals surface area contributed by atoms with Crippen LogP contribution in [0.5, 0.6) is 0 Å². The van der Waals surface area contributed by atoms with Gasteiger partial charge in [0.15, 0.2) is 11.6 Å². The van der Waals surface area contributed by atoms with Crippen molar-refractivity contribution in [3.05, 3.63) is 51.8 Å². The van der Waals surface area contributed by atoms with E-state index < -0.39 is 17.7 Å². The maximum absolute atomic E-state index is 13.6. The zero-order valence-corrected chi connectivity index (χ0v) is 11.8. The van der Waals surface area contributed by atoms with Gasteiger partial charge in [-0.15, -0.1) is 0 Å². The van der Waals surface area contributed by atoms with E-state index in [1.165, 1.54) is 6.07 Å². The van der Waals surface area contributed by atoms with Gasteiger partial charge in [0, 0.05) is 18.3 Å². The second-order valence-electron chi connectivity index (χ2n) is 3.99. The Bertz CT molecular complexity index is 585. The average molecular weight is 331 g/mol. The summed E-state index contributed by atoms with van der Waals surface area (Å²) < 4.78 is 28.5. The molecule has 0 aliphatic rings. The van der Waals surface area contributed by atoms with Gasteiger partial charge in [0.1, 0.15) is 0 Å². The molecule has 1 aromatic carbocycles. The third-order valence-electron chi connectivity index (χ3n) is 2.85. The maximum Gasteiger partial charge on any atom is 0.173 e. The van der Waals surface area contributed by atoms with Gasteiger partial charge < -0.3 is 0 Å². The van der Waals surface area contributed by atoms with Crippen LogP contribution >= 0.6 is 15.9 Å². The molecule has 19 heavy (non-hydrogen) atoms. The highest BCUT2D eigenvalue weighted by molar-refractivity contribution is 9.10. The number of nitrogens with zero attached hydrogens (tertiary/aromatic N) is 2. The number of hydrogen-bond acceptors (Lipinski definition) is 3. The van der Waals surface area contributed by atoms with Crippen molar-refractivity contribution in [2.24, 2.45) is 5.84 Å². The average Bonchev–Trinajstić information content (AvgIpc) is 2.88. The molecule has 0 amide bonds. The van der Waals surface area contributed by atoms with Gasteiger partial charge in [-0.2, -0.15) is 5.10 Å². The quantitative estimate of drug-likeness (QED) is 0.514. The fourth-order valence-electron chi connectivity index (χ4n) is 1.83. The molecule has 1 aromatic heterocycles. The Morgan fingerprint density at radius 2 is 2.21 bits per heavy atom. The number of hydrogen-bond donors (Lipinski definition) is 2. The van der Waals surface area contributed by atoms with Crippen LogP contribution in [-0.2, 0) is 6.54 Å². The number of nitrogens with two attached hydrogens (primary N) is 1. The van der Waals surface area contributed by atoms with Crippen LogP contribution in [0.15, 0.2) is 29.0 Å². The van der Waals surface area contributed by atoms with Crippen molar-refractivity contribution in [2.45, 2.75) is 19.5 Å². The summed E-state index contributed by atoms with van der Waals surface area (Å²) >= 11 is 3.06. The normalized spacial score (nSPS) is 12.7. The lowest BCUT2D eigenvalue weighted by molar-refractivity contribution is 0.498. The standard InChI is InChI=1S/C12H13BrF2N4/c1-2-19-6-7(5-17-19)12(18-16)8-3-4-9(14)11(15)10(8)13/h3-6,12,18H,2,16H2,1H3. The van der Waals surface area contributed by atoms with Crippen LogP contribution in [0.3, 0.4) is 0 Å². The van der Waals surface area contributed by atoms with Crippen LogP contribution in [0.1, 0.15) is 24.1 Å². The van der Waals surface area contributed by atoms with E-state index in [0.29, 0.717) is 5.56 Å². The minimum atomic E-state index is -0.930. The molecule has 0 radical (unpaired) electrons. The topological polar surface area (TPSA) is 55.9 Å². The van der Waals surface area contributed by atoms with E-state index in [0.717, 1.165) is 18.2 Å². The van der Waals surface area contributed by atoms with Gasteiger partial charge >= 0.3 is 0 Å². The summed E-state index contributed by atoms with van der Waals surface area (Å²) in [5, 5.41) is 4.14. The first-order chi connectivity index (χ1) is 9.08. The van der Waals surface area contributed by atoms with Crippen molar-refractivity contribution in [2.75, 3.05) is 0 Å². The summed E-state index contributed by atoms with van der Waals surface area (Å²) in [5.41, 5.74) is 3.87. The lowest BCUT2D eigenvalue weighted by Gasteiger charge is -2.16. The van der Waals surface area contributed by atoms with Crippen molar-refractivity contribution in [1.29, 1.82) is 0 Å². The molecular formula is C12H13BrF2N4. The van der Waals surface area contributed by atoms with Gasteiger partial charge in [-0.05, 0) is 34.5 Å². The number of hydrazine groups is 1. The van der Waals surface area contributed by atoms with Crippen molar-refractivity contribution in [1.82, 2.24) is 15.2 Å². The van der Waals surface area contributed by atoms with Crippen molar-refractivity contribution in [3.8, 4) is 0 Å². The zero-order chi connectivity index (χ0) is 14.0. The molecule has 4 nitrogen and oxygen atoms in total. The molecule has 102 valence electrons. The van der Waals surface area contributed by atoms with E-state index >= 15 is 0 Å². The van der Waals surface area contributed by atoms with Crippen molar-refractivity contribution >= 4 is 15.9 Å². The molecule has 1 heterocycles. The Morgan fingerprint density at radius 1 is 1.47 bits per heavy atom. The fourth-order valence-corrected chi connectivity index (χ4v) is 2.38. The van der Waals surface area contributed by atoms with Crippen LogP contribution in [0.2, 0.25) is 0 Å². The Morgan fingerprint density at radius 3 is 2.79 bits per heavy atom. The number of benzene rings is 1. The lowest BCUT2D eigenvalue weighted by atomic mass is 10.0. The summed E-state index contributed by atoms with van der Waals surface area (Å²) in [6, 6.07) is 2.09. The number of nitrogens with one attached hydrogen (secondary N) is 1. The Hall–Kier alpha value is -1.31. The Labute approximate surface area is 117 Å². The van der Waals surface area contributed by atoms with Crippen LogP contribution in [0, 0.1) is 11.6 Å². The first-order valence-electron chi connectivity index (χ1n) is 5.70. The van der Waals surface area contributed by atoms with Crippen LogP contribution in [-0.4, -0.2) is 9.78 Å². The highest BCUT2D eigenvalue weighted by Crippen LogP contribution is 2.31. The molecular weight excluding hydrogens is 318 g/mol. The van der Waals surface area contributed by atoms with Crippen LogP contribution in [0.4, 0.5) is 8.78 Å². The maximum atomic E-state index is 13.6. The van der Waals surface area contributed by atoms with E-state index in [1.807, 2.05) is 6.92 Å². The van der Waals surface area contributed by atoms with E-state index in [-0.39, 0.29) is 4.47 Å². The van der Waals surface area contributed by atoms with E-state index in [4.69, 9.17) is 5.84 Å². The van der Waals surface area contributed by atoms with E-state index in [1.54, 1.807) is 17.1 Å². The molecule has 2 rings (SSSR count). The van der Waals surface area contributed by atoms with Crippen LogP contribution in [0.25, 0.3) is 0 Å². The van der Waals surface area contributed by atoms with Gasteiger partial charge in [-0.1, -0.05) is 6.07 Å². The zero-order valence-electron chi connectivity index (χ0n) is 10.2. The van der Waals surface area contributed by atoms with Gasteiger partial charge in [0.25, 0.3) is 0 Å². The van der Waals surface area contributed by atoms with Gasteiger partial charge in [-0.25, -0.2) is 14.2 Å². The molecule has 3 N–H and O–H groups in total. The number of rotatable bonds is 4. The Balaban J connectivity index is 2.45. The monoisotopic (exact) mass is 330 g/mol. The molecule has 0 aliphatic carbocycles. The van der Waals surface area contributed by atoms with E-state index in [2.05, 4.69) is 26.5 Å². The fraction of sp³-hybridized carbons (Fsp3) is 0.250. The minimum absolute atomic E-state index is 0.0553. The number of halogens is 3. The predicted molar refractivity (Wildman–Crippen MR) is 71.1 cm³/mol. The predicted octanol–water partition coefficient (Wildman–Crippen LogP) is 2.50. The molecule has 0 aliphatic heterocycles. The molecule has 0 saturated carbocycles. The lowest BCUT2D eigenvalue weighted by Crippen LogP contribution is -2.29. The summed E-state index contributed by atoms with van der Waals surface area (Å²) in [5.74, 6) is 3.68. The van der Waals surface area contributed by atoms with Gasteiger partial charge in [0.05, 0.1) is 16.7 Å².